The van der Waals surface area contributed by atoms with Crippen LogP contribution in [0.1, 0.15) is 6.42 Å². The van der Waals surface area contributed by atoms with E-state index >= 15 is 0 Å². The lowest BCUT2D eigenvalue weighted by atomic mass is 10.2. The quantitative estimate of drug-likeness (QED) is 0.333. The lowest BCUT2D eigenvalue weighted by molar-refractivity contribution is -0.384. The number of aliphatic hydroxyl groups excluding tert-OH is 1. The number of anilines is 1. The Bertz CT molecular complexity index is 397. The molecule has 0 radical (unpaired) electrons. The molecule has 1 rings (SSSR count). The second kappa shape index (κ2) is 5.66. The smallest absolute Gasteiger partial charge is 0.296 e. The molecule has 3 N–H and O–H groups in total. The van der Waals surface area contributed by atoms with Crippen LogP contribution in [0, 0.1) is 10.1 Å². The van der Waals surface area contributed by atoms with Gasteiger partial charge in [-0.25, -0.2) is 0 Å². The van der Waals surface area contributed by atoms with Gasteiger partial charge in [-0.1, -0.05) is 0 Å². The van der Waals surface area contributed by atoms with Crippen LogP contribution in [0.25, 0.3) is 0 Å². The maximum absolute atomic E-state index is 10.7. The first-order chi connectivity index (χ1) is 7.56. The lowest BCUT2D eigenvalue weighted by Crippen LogP contribution is -2.05. The third-order valence-electron chi connectivity index (χ3n) is 1.91. The molecule has 0 heterocycles. The number of nitro benzene ring substituents is 1. The zero-order valence-corrected chi connectivity index (χ0v) is 9.90. The number of phenolic OH excluding ortho intramolecular Hbond substituents is 1. The number of nitrogens with zero attached hydrogens (tertiary/aromatic N) is 1. The molecule has 0 aliphatic rings. The maximum atomic E-state index is 10.7. The molecule has 16 heavy (non-hydrogen) atoms. The second-order valence-corrected chi connectivity index (χ2v) is 3.94. The van der Waals surface area contributed by atoms with Gasteiger partial charge in [0.05, 0.1) is 15.5 Å². The van der Waals surface area contributed by atoms with Crippen LogP contribution < -0.4 is 5.32 Å². The van der Waals surface area contributed by atoms with Crippen LogP contribution >= 0.6 is 15.9 Å². The van der Waals surface area contributed by atoms with Gasteiger partial charge in [0.15, 0.2) is 0 Å². The van der Waals surface area contributed by atoms with E-state index in [1.165, 1.54) is 6.07 Å². The van der Waals surface area contributed by atoms with Gasteiger partial charge in [0.2, 0.25) is 0 Å². The summed E-state index contributed by atoms with van der Waals surface area (Å²) in [5.74, 6) is -0.181. The number of phenols is 1. The average molecular weight is 291 g/mol. The fourth-order valence-electron chi connectivity index (χ4n) is 1.15. The Morgan fingerprint density at radius 3 is 2.75 bits per heavy atom. The van der Waals surface area contributed by atoms with Crippen LogP contribution in [0.2, 0.25) is 0 Å². The number of benzene rings is 1. The number of nitrogens with one attached hydrogen (secondary N) is 1. The van der Waals surface area contributed by atoms with Crippen molar-refractivity contribution in [3.8, 4) is 5.75 Å². The van der Waals surface area contributed by atoms with Crippen molar-refractivity contribution in [2.75, 3.05) is 18.5 Å². The highest BCUT2D eigenvalue weighted by Gasteiger charge is 2.16. The van der Waals surface area contributed by atoms with E-state index in [1.807, 2.05) is 0 Å². The van der Waals surface area contributed by atoms with E-state index in [0.717, 1.165) is 6.07 Å². The third kappa shape index (κ3) is 3.07. The number of aliphatic hydroxyl groups is 1. The summed E-state index contributed by atoms with van der Waals surface area (Å²) in [5.41, 5.74) is 0.113. The number of aromatic hydroxyl groups is 1. The number of halogens is 1. The molecule has 0 saturated carbocycles. The summed E-state index contributed by atoms with van der Waals surface area (Å²) in [4.78, 5) is 10.1. The minimum absolute atomic E-state index is 0.0139. The van der Waals surface area contributed by atoms with Crippen molar-refractivity contribution in [1.82, 2.24) is 0 Å². The normalized spacial score (nSPS) is 10.1. The first-order valence-electron chi connectivity index (χ1n) is 4.58. The van der Waals surface area contributed by atoms with Gasteiger partial charge in [0, 0.05) is 13.2 Å². The van der Waals surface area contributed by atoms with Gasteiger partial charge in [-0.3, -0.25) is 10.1 Å². The number of hydrogen-bond acceptors (Lipinski definition) is 5. The third-order valence-corrected chi connectivity index (χ3v) is 2.55. The van der Waals surface area contributed by atoms with Gasteiger partial charge >= 0.3 is 0 Å². The highest BCUT2D eigenvalue weighted by Crippen LogP contribution is 2.35. The van der Waals surface area contributed by atoms with E-state index in [9.17, 15) is 15.2 Å². The van der Waals surface area contributed by atoms with Gasteiger partial charge in [-0.05, 0) is 28.4 Å². The highest BCUT2D eigenvalue weighted by atomic mass is 79.9. The molecule has 0 atom stereocenters. The summed E-state index contributed by atoms with van der Waals surface area (Å²) < 4.78 is 0.379. The largest absolute Gasteiger partial charge is 0.507 e. The molecule has 0 bridgehead atoms. The minimum atomic E-state index is -0.576. The van der Waals surface area contributed by atoms with Gasteiger partial charge in [-0.15, -0.1) is 0 Å². The first kappa shape index (κ1) is 12.7. The van der Waals surface area contributed by atoms with E-state index in [4.69, 9.17) is 5.11 Å². The van der Waals surface area contributed by atoms with E-state index in [1.54, 1.807) is 0 Å². The topological polar surface area (TPSA) is 95.6 Å². The Kier molecular flexibility index (Phi) is 4.51. The zero-order chi connectivity index (χ0) is 12.1. The Balaban J connectivity index is 2.95. The van der Waals surface area contributed by atoms with Crippen LogP contribution in [-0.4, -0.2) is 28.3 Å². The minimum Gasteiger partial charge on any atom is -0.507 e. The zero-order valence-electron chi connectivity index (χ0n) is 8.31. The van der Waals surface area contributed by atoms with Crippen molar-refractivity contribution in [2.45, 2.75) is 6.42 Å². The molecule has 0 spiro atoms. The van der Waals surface area contributed by atoms with Crippen molar-refractivity contribution >= 4 is 27.3 Å². The Labute approximate surface area is 100 Å². The molecule has 0 amide bonds. The van der Waals surface area contributed by atoms with Crippen LogP contribution in [0.3, 0.4) is 0 Å². The van der Waals surface area contributed by atoms with E-state index < -0.39 is 4.92 Å². The fraction of sp³-hybridized carbons (Fsp3) is 0.333. The summed E-state index contributed by atoms with van der Waals surface area (Å²) in [6.07, 6.45) is 0.496. The number of nitro groups is 1. The van der Waals surface area contributed by atoms with Gasteiger partial charge in [-0.2, -0.15) is 0 Å². The molecular weight excluding hydrogens is 280 g/mol. The van der Waals surface area contributed by atoms with Crippen molar-refractivity contribution in [3.63, 3.8) is 0 Å². The van der Waals surface area contributed by atoms with Crippen LogP contribution in [-0.2, 0) is 0 Å². The summed E-state index contributed by atoms with van der Waals surface area (Å²) >= 11 is 3.08. The van der Waals surface area contributed by atoms with Crippen LogP contribution in [0.4, 0.5) is 11.4 Å². The predicted molar refractivity (Wildman–Crippen MR) is 62.7 cm³/mol. The van der Waals surface area contributed by atoms with Crippen LogP contribution in [0.5, 0.6) is 5.75 Å². The molecule has 0 saturated heterocycles. The second-order valence-electron chi connectivity index (χ2n) is 3.08. The van der Waals surface area contributed by atoms with E-state index in [-0.39, 0.29) is 18.0 Å². The lowest BCUT2D eigenvalue weighted by Gasteiger charge is -2.07. The Hall–Kier alpha value is -1.34. The molecule has 1 aromatic rings. The molecule has 6 nitrogen and oxygen atoms in total. The van der Waals surface area contributed by atoms with Gasteiger partial charge in [0.1, 0.15) is 11.4 Å². The summed E-state index contributed by atoms with van der Waals surface area (Å²) in [6.45, 7) is 0.439. The number of hydrogen-bond donors (Lipinski definition) is 3. The fourth-order valence-corrected chi connectivity index (χ4v) is 1.49. The molecule has 0 fully saturated rings. The molecule has 0 unspecified atom stereocenters. The predicted octanol–water partition coefficient (Wildman–Crippen LogP) is 1.86. The van der Waals surface area contributed by atoms with Gasteiger partial charge < -0.3 is 15.5 Å². The summed E-state index contributed by atoms with van der Waals surface area (Å²) in [6, 6.07) is 2.51. The summed E-state index contributed by atoms with van der Waals surface area (Å²) in [5, 5.41) is 31.5. The molecule has 88 valence electrons. The Morgan fingerprint density at radius 1 is 1.50 bits per heavy atom. The molecule has 7 heteroatoms. The van der Waals surface area contributed by atoms with Crippen molar-refractivity contribution in [1.29, 1.82) is 0 Å². The van der Waals surface area contributed by atoms with Crippen molar-refractivity contribution < 1.29 is 15.1 Å². The van der Waals surface area contributed by atoms with Gasteiger partial charge in [0.25, 0.3) is 5.69 Å². The van der Waals surface area contributed by atoms with E-state index in [0.29, 0.717) is 23.1 Å². The Morgan fingerprint density at radius 2 is 2.19 bits per heavy atom. The van der Waals surface area contributed by atoms with Crippen LogP contribution in [0.15, 0.2) is 16.6 Å². The van der Waals surface area contributed by atoms with Crippen molar-refractivity contribution in [3.05, 3.63) is 26.7 Å². The number of rotatable bonds is 5. The average Bonchev–Trinajstić information content (AvgIpc) is 2.23. The molecular formula is C9H11BrN2O4. The standard InChI is InChI=1S/C9H11BrN2O4/c10-6-4-7(11-2-1-3-13)8(12(15)16)5-9(6)14/h4-5,11,13-14H,1-3H2. The molecule has 0 aliphatic heterocycles. The van der Waals surface area contributed by atoms with Crippen molar-refractivity contribution in [2.24, 2.45) is 0 Å². The maximum Gasteiger partial charge on any atom is 0.296 e. The van der Waals surface area contributed by atoms with E-state index in [2.05, 4.69) is 21.2 Å². The SMILES string of the molecule is O=[N+]([O-])c1cc(O)c(Br)cc1NCCCO. The molecule has 0 aromatic heterocycles. The first-order valence-corrected chi connectivity index (χ1v) is 5.37. The highest BCUT2D eigenvalue weighted by molar-refractivity contribution is 9.10. The monoisotopic (exact) mass is 290 g/mol. The molecule has 1 aromatic carbocycles. The molecule has 0 aliphatic carbocycles. The summed E-state index contributed by atoms with van der Waals surface area (Å²) in [7, 11) is 0.